The highest BCUT2D eigenvalue weighted by atomic mass is 32.2. The maximum absolute atomic E-state index is 12.5. The molecule has 1 aliphatic heterocycles. The van der Waals surface area contributed by atoms with Crippen molar-refractivity contribution in [3.05, 3.63) is 78.2 Å². The number of piperazine rings is 1. The predicted molar refractivity (Wildman–Crippen MR) is 126 cm³/mol. The molecule has 4 rings (SSSR count). The molecule has 0 saturated carbocycles. The molecule has 1 N–H and O–H groups in total. The van der Waals surface area contributed by atoms with Gasteiger partial charge in [-0.2, -0.15) is 0 Å². The number of thioether (sulfide) groups is 1. The normalized spacial score (nSPS) is 13.6. The molecule has 1 aromatic carbocycles. The van der Waals surface area contributed by atoms with Gasteiger partial charge in [0.25, 0.3) is 0 Å². The van der Waals surface area contributed by atoms with E-state index in [1.807, 2.05) is 41.3 Å². The highest BCUT2D eigenvalue weighted by Gasteiger charge is 2.23. The number of rotatable bonds is 7. The SMILES string of the molecule is O=C(O)c1ccc(N2CCN(C(=O)Oc3ccc(CCSc4ccncc4)cc3)CC2)nc1. The molecule has 1 aliphatic rings. The number of carboxylic acid groups (broad SMARTS) is 1. The molecule has 9 heteroatoms. The third-order valence-corrected chi connectivity index (χ3v) is 6.31. The second-order valence-electron chi connectivity index (χ2n) is 7.48. The topological polar surface area (TPSA) is 95.9 Å². The van der Waals surface area contributed by atoms with Crippen LogP contribution >= 0.6 is 11.8 Å². The Morgan fingerprint density at radius 1 is 0.970 bits per heavy atom. The van der Waals surface area contributed by atoms with Crippen LogP contribution in [0.1, 0.15) is 15.9 Å². The maximum Gasteiger partial charge on any atom is 0.415 e. The number of nitrogens with zero attached hydrogens (tertiary/aromatic N) is 4. The minimum Gasteiger partial charge on any atom is -0.478 e. The second kappa shape index (κ2) is 10.8. The van der Waals surface area contributed by atoms with Crippen LogP contribution in [-0.4, -0.2) is 64.0 Å². The monoisotopic (exact) mass is 464 g/mol. The summed E-state index contributed by atoms with van der Waals surface area (Å²) in [4.78, 5) is 36.6. The van der Waals surface area contributed by atoms with E-state index in [0.717, 1.165) is 12.2 Å². The molecule has 3 aromatic rings. The molecule has 0 unspecified atom stereocenters. The van der Waals surface area contributed by atoms with Crippen LogP contribution in [0.5, 0.6) is 5.75 Å². The van der Waals surface area contributed by atoms with Gasteiger partial charge in [0.1, 0.15) is 11.6 Å². The molecule has 8 nitrogen and oxygen atoms in total. The summed E-state index contributed by atoms with van der Waals surface area (Å²) in [6.07, 6.45) is 5.48. The molecule has 170 valence electrons. The van der Waals surface area contributed by atoms with Crippen molar-refractivity contribution in [1.29, 1.82) is 0 Å². The number of amides is 1. The fourth-order valence-electron chi connectivity index (χ4n) is 3.43. The summed E-state index contributed by atoms with van der Waals surface area (Å²) in [5.41, 5.74) is 1.34. The number of benzene rings is 1. The van der Waals surface area contributed by atoms with E-state index in [9.17, 15) is 9.59 Å². The van der Waals surface area contributed by atoms with Crippen LogP contribution in [0.3, 0.4) is 0 Å². The highest BCUT2D eigenvalue weighted by Crippen LogP contribution is 2.20. The lowest BCUT2D eigenvalue weighted by atomic mass is 10.2. The van der Waals surface area contributed by atoms with Crippen LogP contribution in [0, 0.1) is 0 Å². The summed E-state index contributed by atoms with van der Waals surface area (Å²) in [5.74, 6) is 1.18. The summed E-state index contributed by atoms with van der Waals surface area (Å²) in [7, 11) is 0. The molecule has 1 saturated heterocycles. The van der Waals surface area contributed by atoms with Crippen molar-refractivity contribution in [2.45, 2.75) is 11.3 Å². The number of ether oxygens (including phenoxy) is 1. The number of hydrogen-bond acceptors (Lipinski definition) is 7. The molecule has 0 spiro atoms. The quantitative estimate of drug-likeness (QED) is 0.527. The van der Waals surface area contributed by atoms with Crippen molar-refractivity contribution in [1.82, 2.24) is 14.9 Å². The van der Waals surface area contributed by atoms with Crippen molar-refractivity contribution in [3.63, 3.8) is 0 Å². The van der Waals surface area contributed by atoms with Crippen molar-refractivity contribution in [2.24, 2.45) is 0 Å². The number of aryl methyl sites for hydroxylation is 1. The first kappa shape index (κ1) is 22.6. The molecule has 1 amide bonds. The Kier molecular flexibility index (Phi) is 7.41. The van der Waals surface area contributed by atoms with Gasteiger partial charge in [-0.3, -0.25) is 4.98 Å². The number of pyridine rings is 2. The van der Waals surface area contributed by atoms with E-state index in [0.29, 0.717) is 37.7 Å². The zero-order chi connectivity index (χ0) is 23.0. The molecule has 0 aliphatic carbocycles. The van der Waals surface area contributed by atoms with Gasteiger partial charge in [0, 0.05) is 55.4 Å². The molecule has 33 heavy (non-hydrogen) atoms. The standard InChI is InChI=1S/C24H24N4O4S/c29-23(30)19-3-6-22(26-17-19)27-12-14-28(15-13-27)24(31)32-20-4-1-18(2-5-20)9-16-33-21-7-10-25-11-8-21/h1-8,10-11,17H,9,12-16H2,(H,29,30). The number of hydrogen-bond donors (Lipinski definition) is 1. The number of carboxylic acids is 1. The number of aromatic carboxylic acids is 1. The fourth-order valence-corrected chi connectivity index (χ4v) is 4.32. The van der Waals surface area contributed by atoms with Crippen LogP contribution in [0.4, 0.5) is 10.6 Å². The van der Waals surface area contributed by atoms with Crippen molar-refractivity contribution in [3.8, 4) is 5.75 Å². The van der Waals surface area contributed by atoms with Crippen molar-refractivity contribution >= 4 is 29.6 Å². The van der Waals surface area contributed by atoms with Crippen LogP contribution in [0.15, 0.2) is 72.0 Å². The van der Waals surface area contributed by atoms with Gasteiger partial charge in [-0.05, 0) is 48.4 Å². The van der Waals surface area contributed by atoms with E-state index in [1.165, 1.54) is 22.7 Å². The fraction of sp³-hybridized carbons (Fsp3) is 0.250. The predicted octanol–water partition coefficient (Wildman–Crippen LogP) is 3.83. The zero-order valence-corrected chi connectivity index (χ0v) is 18.8. The first-order valence-corrected chi connectivity index (χ1v) is 11.6. The Balaban J connectivity index is 1.22. The molecule has 3 heterocycles. The lowest BCUT2D eigenvalue weighted by molar-refractivity contribution is 0.0696. The Labute approximate surface area is 196 Å². The largest absolute Gasteiger partial charge is 0.478 e. The van der Waals surface area contributed by atoms with Crippen LogP contribution in [-0.2, 0) is 6.42 Å². The first-order valence-electron chi connectivity index (χ1n) is 10.6. The molecular formula is C24H24N4O4S. The summed E-state index contributed by atoms with van der Waals surface area (Å²) in [5, 5.41) is 8.98. The smallest absolute Gasteiger partial charge is 0.415 e. The Hall–Kier alpha value is -3.59. The summed E-state index contributed by atoms with van der Waals surface area (Å²) in [6.45, 7) is 2.21. The number of carbonyl (C=O) groups excluding carboxylic acids is 1. The summed E-state index contributed by atoms with van der Waals surface area (Å²) < 4.78 is 5.54. The van der Waals surface area contributed by atoms with Crippen LogP contribution in [0.2, 0.25) is 0 Å². The zero-order valence-electron chi connectivity index (χ0n) is 18.0. The van der Waals surface area contributed by atoms with Crippen molar-refractivity contribution < 1.29 is 19.4 Å². The van der Waals surface area contributed by atoms with E-state index >= 15 is 0 Å². The van der Waals surface area contributed by atoms with Crippen LogP contribution in [0.25, 0.3) is 0 Å². The van der Waals surface area contributed by atoms with Gasteiger partial charge in [-0.25, -0.2) is 14.6 Å². The Morgan fingerprint density at radius 2 is 1.70 bits per heavy atom. The van der Waals surface area contributed by atoms with E-state index in [4.69, 9.17) is 9.84 Å². The number of aromatic nitrogens is 2. The average molecular weight is 465 g/mol. The Morgan fingerprint density at radius 3 is 2.33 bits per heavy atom. The van der Waals surface area contributed by atoms with Gasteiger partial charge in [0.2, 0.25) is 0 Å². The number of carbonyl (C=O) groups is 2. The second-order valence-corrected chi connectivity index (χ2v) is 8.65. The van der Waals surface area contributed by atoms with E-state index in [2.05, 4.69) is 9.97 Å². The summed E-state index contributed by atoms with van der Waals surface area (Å²) >= 11 is 1.78. The van der Waals surface area contributed by atoms with Crippen molar-refractivity contribution in [2.75, 3.05) is 36.8 Å². The van der Waals surface area contributed by atoms with E-state index < -0.39 is 5.97 Å². The minimum atomic E-state index is -1.00. The van der Waals surface area contributed by atoms with Crippen LogP contribution < -0.4 is 9.64 Å². The van der Waals surface area contributed by atoms with E-state index in [-0.39, 0.29) is 11.7 Å². The van der Waals surface area contributed by atoms with Gasteiger partial charge in [-0.1, -0.05) is 12.1 Å². The highest BCUT2D eigenvalue weighted by molar-refractivity contribution is 7.99. The molecule has 2 aromatic heterocycles. The Bertz CT molecular complexity index is 1070. The first-order chi connectivity index (χ1) is 16.1. The molecule has 1 fully saturated rings. The van der Waals surface area contributed by atoms with Gasteiger partial charge >= 0.3 is 12.1 Å². The van der Waals surface area contributed by atoms with Gasteiger partial charge in [0.15, 0.2) is 0 Å². The van der Waals surface area contributed by atoms with Gasteiger partial charge in [0.05, 0.1) is 5.56 Å². The molecule has 0 radical (unpaired) electrons. The average Bonchev–Trinajstić information content (AvgIpc) is 2.86. The number of anilines is 1. The lowest BCUT2D eigenvalue weighted by Crippen LogP contribution is -2.49. The summed E-state index contributed by atoms with van der Waals surface area (Å²) in [6, 6.07) is 14.8. The van der Waals surface area contributed by atoms with Gasteiger partial charge in [-0.15, -0.1) is 11.8 Å². The molecular weight excluding hydrogens is 440 g/mol. The lowest BCUT2D eigenvalue weighted by Gasteiger charge is -2.34. The third kappa shape index (κ3) is 6.23. The van der Waals surface area contributed by atoms with E-state index in [1.54, 1.807) is 35.1 Å². The third-order valence-electron chi connectivity index (χ3n) is 5.29. The minimum absolute atomic E-state index is 0.152. The molecule has 0 bridgehead atoms. The maximum atomic E-state index is 12.5. The molecule has 0 atom stereocenters. The van der Waals surface area contributed by atoms with Gasteiger partial charge < -0.3 is 19.6 Å².